The van der Waals surface area contributed by atoms with Crippen molar-refractivity contribution < 1.29 is 8.42 Å². The van der Waals surface area contributed by atoms with E-state index >= 15 is 0 Å². The smallest absolute Gasteiger partial charge is 0.206 e. The van der Waals surface area contributed by atoms with E-state index in [0.717, 1.165) is 23.6 Å². The van der Waals surface area contributed by atoms with E-state index in [1.54, 1.807) is 24.3 Å². The predicted octanol–water partition coefficient (Wildman–Crippen LogP) is 3.38. The highest BCUT2D eigenvalue weighted by Crippen LogP contribution is 2.15. The van der Waals surface area contributed by atoms with Crippen molar-refractivity contribution in [3.05, 3.63) is 30.3 Å². The molecule has 0 bridgehead atoms. The third-order valence-corrected chi connectivity index (χ3v) is 3.62. The number of para-hydroxylation sites is 1. The molecule has 0 fully saturated rings. The maximum absolute atomic E-state index is 11.7. The molecule has 104 valence electrons. The SMILES string of the molecule is CCCCCCC#CN(c1ccccc1)S(C)(=O)=O. The van der Waals surface area contributed by atoms with Crippen LogP contribution in [0.4, 0.5) is 5.69 Å². The number of anilines is 1. The second kappa shape index (κ2) is 7.85. The number of unbranched alkanes of at least 4 members (excludes halogenated alkanes) is 4. The van der Waals surface area contributed by atoms with Crippen molar-refractivity contribution in [2.24, 2.45) is 0 Å². The van der Waals surface area contributed by atoms with Gasteiger partial charge in [-0.1, -0.05) is 50.3 Å². The maximum Gasteiger partial charge on any atom is 0.243 e. The molecule has 0 radical (unpaired) electrons. The van der Waals surface area contributed by atoms with Crippen molar-refractivity contribution in [2.75, 3.05) is 10.6 Å². The monoisotopic (exact) mass is 279 g/mol. The first-order valence-corrected chi connectivity index (χ1v) is 8.44. The Labute approximate surface area is 116 Å². The molecule has 4 heteroatoms. The molecule has 0 atom stereocenters. The van der Waals surface area contributed by atoms with E-state index in [1.807, 2.05) is 6.07 Å². The van der Waals surface area contributed by atoms with Crippen LogP contribution in [0.3, 0.4) is 0 Å². The van der Waals surface area contributed by atoms with Crippen LogP contribution < -0.4 is 4.31 Å². The Kier molecular flexibility index (Phi) is 6.44. The van der Waals surface area contributed by atoms with Crippen molar-refractivity contribution in [3.8, 4) is 12.0 Å². The van der Waals surface area contributed by atoms with Crippen LogP contribution in [0.15, 0.2) is 30.3 Å². The molecule has 0 spiro atoms. The number of rotatable bonds is 6. The summed E-state index contributed by atoms with van der Waals surface area (Å²) in [5.41, 5.74) is 0.589. The van der Waals surface area contributed by atoms with Gasteiger partial charge in [-0.15, -0.1) is 0 Å². The van der Waals surface area contributed by atoms with Gasteiger partial charge in [-0.05, 0) is 18.6 Å². The molecular weight excluding hydrogens is 258 g/mol. The molecule has 1 rings (SSSR count). The van der Waals surface area contributed by atoms with Gasteiger partial charge in [-0.3, -0.25) is 0 Å². The summed E-state index contributed by atoms with van der Waals surface area (Å²) >= 11 is 0. The Balaban J connectivity index is 2.71. The zero-order valence-corrected chi connectivity index (χ0v) is 12.4. The summed E-state index contributed by atoms with van der Waals surface area (Å²) in [5.74, 6) is 2.95. The standard InChI is InChI=1S/C15H21NO2S/c1-3-4-5-6-7-11-14-16(19(2,17)18)15-12-9-8-10-13-15/h8-10,12-13H,3-7H2,1-2H3. The molecule has 19 heavy (non-hydrogen) atoms. The van der Waals surface area contributed by atoms with Crippen LogP contribution in [0.1, 0.15) is 39.0 Å². The molecule has 1 aromatic rings. The lowest BCUT2D eigenvalue weighted by Crippen LogP contribution is -2.24. The largest absolute Gasteiger partial charge is 0.243 e. The second-order valence-corrected chi connectivity index (χ2v) is 6.29. The summed E-state index contributed by atoms with van der Waals surface area (Å²) < 4.78 is 24.6. The summed E-state index contributed by atoms with van der Waals surface area (Å²) in [4.78, 5) is 0. The molecule has 0 aromatic heterocycles. The fraction of sp³-hybridized carbons (Fsp3) is 0.467. The fourth-order valence-corrected chi connectivity index (χ4v) is 2.41. The van der Waals surface area contributed by atoms with Crippen LogP contribution in [0, 0.1) is 12.0 Å². The summed E-state index contributed by atoms with van der Waals surface area (Å²) in [6, 6.07) is 11.7. The quantitative estimate of drug-likeness (QED) is 0.455. The van der Waals surface area contributed by atoms with Crippen molar-refractivity contribution in [1.82, 2.24) is 0 Å². The first-order chi connectivity index (χ1) is 9.05. The van der Waals surface area contributed by atoms with Crippen LogP contribution in [-0.2, 0) is 10.0 Å². The van der Waals surface area contributed by atoms with Gasteiger partial charge in [-0.25, -0.2) is 8.42 Å². The lowest BCUT2D eigenvalue weighted by atomic mass is 10.2. The number of benzene rings is 1. The van der Waals surface area contributed by atoms with Gasteiger partial charge in [0.2, 0.25) is 10.0 Å². The van der Waals surface area contributed by atoms with E-state index in [0.29, 0.717) is 5.69 Å². The molecule has 0 aliphatic heterocycles. The van der Waals surface area contributed by atoms with Gasteiger partial charge < -0.3 is 0 Å². The molecule has 0 N–H and O–H groups in total. The maximum atomic E-state index is 11.7. The van der Waals surface area contributed by atoms with E-state index in [2.05, 4.69) is 18.9 Å². The molecule has 3 nitrogen and oxygen atoms in total. The van der Waals surface area contributed by atoms with Gasteiger partial charge >= 0.3 is 0 Å². The van der Waals surface area contributed by atoms with Crippen molar-refractivity contribution in [3.63, 3.8) is 0 Å². The van der Waals surface area contributed by atoms with Crippen molar-refractivity contribution in [2.45, 2.75) is 39.0 Å². The Morgan fingerprint density at radius 2 is 1.79 bits per heavy atom. The number of hydrogen-bond donors (Lipinski definition) is 0. The zero-order valence-electron chi connectivity index (χ0n) is 11.6. The number of nitrogens with zero attached hydrogens (tertiary/aromatic N) is 1. The van der Waals surface area contributed by atoms with Gasteiger partial charge in [0.15, 0.2) is 0 Å². The Bertz CT molecular complexity index is 526. The minimum Gasteiger partial charge on any atom is -0.206 e. The van der Waals surface area contributed by atoms with E-state index in [9.17, 15) is 8.42 Å². The van der Waals surface area contributed by atoms with Crippen LogP contribution in [0.25, 0.3) is 0 Å². The first kappa shape index (κ1) is 15.6. The normalized spacial score (nSPS) is 10.6. The van der Waals surface area contributed by atoms with Crippen LogP contribution >= 0.6 is 0 Å². The molecule has 0 heterocycles. The lowest BCUT2D eigenvalue weighted by Gasteiger charge is -2.14. The van der Waals surface area contributed by atoms with Gasteiger partial charge in [0.1, 0.15) is 0 Å². The van der Waals surface area contributed by atoms with Gasteiger partial charge in [0.05, 0.1) is 11.9 Å². The van der Waals surface area contributed by atoms with Gasteiger partial charge in [-0.2, -0.15) is 4.31 Å². The summed E-state index contributed by atoms with van der Waals surface area (Å²) in [5, 5.41) is 0. The van der Waals surface area contributed by atoms with Gasteiger partial charge in [0.25, 0.3) is 0 Å². The molecule has 0 aliphatic carbocycles. The fourth-order valence-electron chi connectivity index (χ4n) is 1.67. The molecule has 0 aliphatic rings. The van der Waals surface area contributed by atoms with E-state index in [1.165, 1.54) is 19.1 Å². The third kappa shape index (κ3) is 5.80. The van der Waals surface area contributed by atoms with Gasteiger partial charge in [0, 0.05) is 12.5 Å². The molecule has 0 unspecified atom stereocenters. The minimum atomic E-state index is -3.36. The highest BCUT2D eigenvalue weighted by molar-refractivity contribution is 7.92. The van der Waals surface area contributed by atoms with Crippen molar-refractivity contribution >= 4 is 15.7 Å². The minimum absolute atomic E-state index is 0.589. The predicted molar refractivity (Wildman–Crippen MR) is 80.3 cm³/mol. The van der Waals surface area contributed by atoms with Crippen LogP contribution in [0.5, 0.6) is 0 Å². The van der Waals surface area contributed by atoms with E-state index < -0.39 is 10.0 Å². The topological polar surface area (TPSA) is 37.4 Å². The van der Waals surface area contributed by atoms with Crippen molar-refractivity contribution in [1.29, 1.82) is 0 Å². The average Bonchev–Trinajstić information content (AvgIpc) is 2.37. The first-order valence-electron chi connectivity index (χ1n) is 6.59. The van der Waals surface area contributed by atoms with E-state index in [-0.39, 0.29) is 0 Å². The van der Waals surface area contributed by atoms with Crippen LogP contribution in [0.2, 0.25) is 0 Å². The van der Waals surface area contributed by atoms with Crippen LogP contribution in [-0.4, -0.2) is 14.7 Å². The Morgan fingerprint density at radius 3 is 2.37 bits per heavy atom. The zero-order chi connectivity index (χ0) is 14.1. The number of hydrogen-bond acceptors (Lipinski definition) is 2. The Hall–Kier alpha value is -1.47. The summed E-state index contributed by atoms with van der Waals surface area (Å²) in [6.45, 7) is 2.16. The molecule has 0 saturated carbocycles. The lowest BCUT2D eigenvalue weighted by molar-refractivity contribution is 0.602. The highest BCUT2D eigenvalue weighted by atomic mass is 32.2. The average molecular weight is 279 g/mol. The summed E-state index contributed by atoms with van der Waals surface area (Å²) in [6.07, 6.45) is 6.47. The molecule has 0 saturated heterocycles. The Morgan fingerprint density at radius 1 is 1.11 bits per heavy atom. The third-order valence-electron chi connectivity index (χ3n) is 2.66. The highest BCUT2D eigenvalue weighted by Gasteiger charge is 2.14. The van der Waals surface area contributed by atoms with E-state index in [4.69, 9.17) is 0 Å². The number of sulfonamides is 1. The molecular formula is C15H21NO2S. The molecule has 0 amide bonds. The second-order valence-electron chi connectivity index (χ2n) is 4.46. The molecule has 1 aromatic carbocycles. The summed E-state index contributed by atoms with van der Waals surface area (Å²) in [7, 11) is -3.36.